The smallest absolute Gasteiger partial charge is 0.310 e. The van der Waals surface area contributed by atoms with E-state index in [4.69, 9.17) is 9.47 Å². The third-order valence-corrected chi connectivity index (χ3v) is 4.90. The van der Waals surface area contributed by atoms with E-state index in [1.807, 2.05) is 32.9 Å². The molecule has 0 aromatic rings. The number of rotatable bonds is 3. The Hall–Kier alpha value is -1.65. The van der Waals surface area contributed by atoms with Gasteiger partial charge in [-0.05, 0) is 46.5 Å². The number of ether oxygens (including phenoxy) is 2. The molecule has 0 aromatic carbocycles. The van der Waals surface area contributed by atoms with E-state index < -0.39 is 5.60 Å². The topological polar surface area (TPSA) is 69.7 Å². The summed E-state index contributed by atoms with van der Waals surface area (Å²) in [7, 11) is 0. The first-order valence-corrected chi connectivity index (χ1v) is 8.40. The normalized spacial score (nSPS) is 35.6. The van der Waals surface area contributed by atoms with Gasteiger partial charge in [0.25, 0.3) is 0 Å². The van der Waals surface area contributed by atoms with Crippen molar-refractivity contribution >= 4 is 17.7 Å². The number of carbonyl (C=O) groups is 3. The molecular weight excluding hydrogens is 296 g/mol. The number of Topliss-reactive ketones (excluding diaryl/α,β-unsaturated/α-hetero) is 1. The van der Waals surface area contributed by atoms with Crippen molar-refractivity contribution in [2.24, 2.45) is 23.7 Å². The predicted octanol–water partition coefficient (Wildman–Crippen LogP) is 2.43. The second-order valence-corrected chi connectivity index (χ2v) is 7.86. The molecule has 0 aromatic heterocycles. The van der Waals surface area contributed by atoms with Crippen LogP contribution in [0.4, 0.5) is 0 Å². The molecule has 3 rings (SSSR count). The molecular formula is C18H24O5. The Bertz CT molecular complexity index is 556. The Balaban J connectivity index is 1.51. The summed E-state index contributed by atoms with van der Waals surface area (Å²) in [5.41, 5.74) is -0.498. The molecule has 5 heteroatoms. The van der Waals surface area contributed by atoms with Crippen LogP contribution in [0.2, 0.25) is 0 Å². The number of esters is 2. The van der Waals surface area contributed by atoms with E-state index in [-0.39, 0.29) is 47.5 Å². The van der Waals surface area contributed by atoms with E-state index in [1.165, 1.54) is 0 Å². The van der Waals surface area contributed by atoms with Crippen molar-refractivity contribution in [1.29, 1.82) is 0 Å². The zero-order valence-corrected chi connectivity index (χ0v) is 13.9. The number of hydrogen-bond acceptors (Lipinski definition) is 5. The zero-order valence-electron chi connectivity index (χ0n) is 13.9. The first kappa shape index (κ1) is 16.2. The van der Waals surface area contributed by atoms with Gasteiger partial charge >= 0.3 is 11.9 Å². The molecule has 5 atom stereocenters. The van der Waals surface area contributed by atoms with Crippen LogP contribution in [-0.4, -0.2) is 29.4 Å². The highest BCUT2D eigenvalue weighted by Crippen LogP contribution is 2.42. The largest absolute Gasteiger partial charge is 0.462 e. The first-order valence-electron chi connectivity index (χ1n) is 8.40. The molecule has 126 valence electrons. The lowest BCUT2D eigenvalue weighted by Gasteiger charge is -2.22. The monoisotopic (exact) mass is 320 g/mol. The summed E-state index contributed by atoms with van der Waals surface area (Å²) >= 11 is 0. The molecule has 0 heterocycles. The average molecular weight is 320 g/mol. The van der Waals surface area contributed by atoms with E-state index in [1.54, 1.807) is 0 Å². The molecule has 0 radical (unpaired) electrons. The van der Waals surface area contributed by atoms with Crippen LogP contribution in [0.5, 0.6) is 0 Å². The molecule has 2 saturated carbocycles. The fraction of sp³-hybridized carbons (Fsp3) is 0.722. The summed E-state index contributed by atoms with van der Waals surface area (Å²) in [6, 6.07) is 0. The standard InChI is InChI=1S/C18H24O5/c1-18(2,3)23-16(20)11-4-6-12(8-11)22-17(21)14-9-10-5-7-13(14)15(10)19/h5,7,10-14H,4,6,8-9H2,1-3H3. The van der Waals surface area contributed by atoms with Gasteiger partial charge in [0.2, 0.25) is 0 Å². The van der Waals surface area contributed by atoms with Crippen molar-refractivity contribution in [2.45, 2.75) is 58.2 Å². The predicted molar refractivity (Wildman–Crippen MR) is 82.3 cm³/mol. The fourth-order valence-electron chi connectivity index (χ4n) is 3.78. The highest BCUT2D eigenvalue weighted by Gasteiger charge is 2.48. The van der Waals surface area contributed by atoms with Crippen LogP contribution >= 0.6 is 0 Å². The van der Waals surface area contributed by atoms with Crippen molar-refractivity contribution in [3.05, 3.63) is 12.2 Å². The summed E-state index contributed by atoms with van der Waals surface area (Å²) in [4.78, 5) is 36.3. The second-order valence-electron chi connectivity index (χ2n) is 7.86. The number of ketones is 1. The second kappa shape index (κ2) is 5.77. The molecule has 0 amide bonds. The van der Waals surface area contributed by atoms with Gasteiger partial charge in [-0.1, -0.05) is 12.2 Å². The quantitative estimate of drug-likeness (QED) is 0.590. The third-order valence-electron chi connectivity index (χ3n) is 4.90. The van der Waals surface area contributed by atoms with Gasteiger partial charge in [-0.25, -0.2) is 0 Å². The summed E-state index contributed by atoms with van der Waals surface area (Å²) in [5, 5.41) is 0. The maximum atomic E-state index is 12.3. The van der Waals surface area contributed by atoms with Gasteiger partial charge < -0.3 is 9.47 Å². The van der Waals surface area contributed by atoms with Gasteiger partial charge in [-0.2, -0.15) is 0 Å². The molecule has 0 aliphatic heterocycles. The minimum atomic E-state index is -0.498. The van der Waals surface area contributed by atoms with Crippen molar-refractivity contribution in [3.8, 4) is 0 Å². The van der Waals surface area contributed by atoms with Crippen LogP contribution < -0.4 is 0 Å². The van der Waals surface area contributed by atoms with E-state index in [2.05, 4.69) is 0 Å². The van der Waals surface area contributed by atoms with Crippen LogP contribution in [0.25, 0.3) is 0 Å². The van der Waals surface area contributed by atoms with Crippen molar-refractivity contribution in [1.82, 2.24) is 0 Å². The van der Waals surface area contributed by atoms with Gasteiger partial charge in [0.05, 0.1) is 11.8 Å². The Labute approximate surface area is 136 Å². The highest BCUT2D eigenvalue weighted by atomic mass is 16.6. The van der Waals surface area contributed by atoms with Gasteiger partial charge in [-0.15, -0.1) is 0 Å². The Morgan fingerprint density at radius 1 is 1.09 bits per heavy atom. The lowest BCUT2D eigenvalue weighted by molar-refractivity contribution is -0.162. The number of carbonyl (C=O) groups excluding carboxylic acids is 3. The number of fused-ring (bicyclic) bond motifs is 2. The van der Waals surface area contributed by atoms with Crippen LogP contribution in [0.3, 0.4) is 0 Å². The van der Waals surface area contributed by atoms with Gasteiger partial charge in [0.15, 0.2) is 0 Å². The SMILES string of the molecule is CC(C)(C)OC(=O)C1CCC(OC(=O)C2CC3C=CC2C3=O)C1. The summed E-state index contributed by atoms with van der Waals surface area (Å²) in [6.45, 7) is 5.53. The maximum Gasteiger partial charge on any atom is 0.310 e. The van der Waals surface area contributed by atoms with Gasteiger partial charge in [0, 0.05) is 11.8 Å². The Kier molecular flexibility index (Phi) is 4.07. The first-order chi connectivity index (χ1) is 10.7. The molecule has 5 nitrogen and oxygen atoms in total. The molecule has 0 N–H and O–H groups in total. The minimum absolute atomic E-state index is 0.101. The van der Waals surface area contributed by atoms with Crippen LogP contribution in [-0.2, 0) is 23.9 Å². The number of allylic oxidation sites excluding steroid dienone is 2. The molecule has 3 aliphatic rings. The van der Waals surface area contributed by atoms with Crippen molar-refractivity contribution in [3.63, 3.8) is 0 Å². The maximum absolute atomic E-state index is 12.3. The molecule has 5 unspecified atom stereocenters. The Morgan fingerprint density at radius 2 is 1.83 bits per heavy atom. The molecule has 0 spiro atoms. The fourth-order valence-corrected chi connectivity index (χ4v) is 3.78. The highest BCUT2D eigenvalue weighted by molar-refractivity contribution is 5.96. The summed E-state index contributed by atoms with van der Waals surface area (Å²) < 4.78 is 11.0. The number of hydrogen-bond donors (Lipinski definition) is 0. The van der Waals surface area contributed by atoms with Crippen LogP contribution in [0.1, 0.15) is 46.5 Å². The molecule has 23 heavy (non-hydrogen) atoms. The van der Waals surface area contributed by atoms with Gasteiger partial charge in [0.1, 0.15) is 17.5 Å². The average Bonchev–Trinajstić information content (AvgIpc) is 3.12. The van der Waals surface area contributed by atoms with E-state index in [0.717, 1.165) is 0 Å². The molecule has 3 aliphatic carbocycles. The van der Waals surface area contributed by atoms with E-state index >= 15 is 0 Å². The summed E-state index contributed by atoms with van der Waals surface area (Å²) in [5.74, 6) is -1.29. The zero-order chi connectivity index (χ0) is 16.8. The summed E-state index contributed by atoms with van der Waals surface area (Å²) in [6.07, 6.45) is 5.94. The minimum Gasteiger partial charge on any atom is -0.462 e. The lowest BCUT2D eigenvalue weighted by atomic mass is 9.94. The lowest BCUT2D eigenvalue weighted by Crippen LogP contribution is -2.29. The molecule has 2 bridgehead atoms. The van der Waals surface area contributed by atoms with Gasteiger partial charge in [-0.3, -0.25) is 14.4 Å². The van der Waals surface area contributed by atoms with Crippen LogP contribution in [0.15, 0.2) is 12.2 Å². The van der Waals surface area contributed by atoms with Crippen LogP contribution in [0, 0.1) is 23.7 Å². The third kappa shape index (κ3) is 3.33. The molecule has 2 fully saturated rings. The van der Waals surface area contributed by atoms with E-state index in [9.17, 15) is 14.4 Å². The Morgan fingerprint density at radius 3 is 2.39 bits per heavy atom. The van der Waals surface area contributed by atoms with Crippen molar-refractivity contribution < 1.29 is 23.9 Å². The van der Waals surface area contributed by atoms with E-state index in [0.29, 0.717) is 25.7 Å². The van der Waals surface area contributed by atoms with Crippen molar-refractivity contribution in [2.75, 3.05) is 0 Å². The molecule has 0 saturated heterocycles.